The summed E-state index contributed by atoms with van der Waals surface area (Å²) in [6, 6.07) is 23.6. The first-order valence-electron chi connectivity index (χ1n) is 13.0. The summed E-state index contributed by atoms with van der Waals surface area (Å²) in [6.45, 7) is 3.30. The van der Waals surface area contributed by atoms with Crippen LogP contribution in [-0.2, 0) is 0 Å². The van der Waals surface area contributed by atoms with Crippen molar-refractivity contribution < 1.29 is 5.48 Å². The maximum absolute atomic E-state index is 5.10. The summed E-state index contributed by atoms with van der Waals surface area (Å²) >= 11 is 1.85. The molecule has 4 heterocycles. The van der Waals surface area contributed by atoms with Gasteiger partial charge in [-0.3, -0.25) is 9.97 Å². The number of nitrogens with zero attached hydrogens (tertiary/aromatic N) is 4. The first-order chi connectivity index (χ1) is 18.3. The van der Waals surface area contributed by atoms with Gasteiger partial charge in [0.25, 0.3) is 0 Å². The molecule has 3 aromatic heterocycles. The lowest BCUT2D eigenvalue weighted by atomic mass is 10.1. The molecular weight excluding hydrogens is 490 g/mol. The summed E-state index contributed by atoms with van der Waals surface area (Å²) in [4.78, 5) is 23.1. The van der Waals surface area contributed by atoms with Crippen molar-refractivity contribution in [2.45, 2.75) is 42.4 Å². The second-order valence-electron chi connectivity index (χ2n) is 9.57. The maximum atomic E-state index is 5.10. The zero-order valence-electron chi connectivity index (χ0n) is 21.2. The number of pyridine rings is 2. The van der Waals surface area contributed by atoms with Crippen molar-refractivity contribution >= 4 is 56.0 Å². The Morgan fingerprint density at radius 3 is 2.37 bits per heavy atom. The number of anilines is 2. The van der Waals surface area contributed by atoms with Crippen LogP contribution in [0.2, 0.25) is 0 Å². The summed E-state index contributed by atoms with van der Waals surface area (Å²) in [5.74, 6) is 0.869. The molecule has 38 heavy (non-hydrogen) atoms. The molecule has 0 unspecified atom stereocenters. The molecule has 3 aromatic carbocycles. The van der Waals surface area contributed by atoms with E-state index in [-0.39, 0.29) is 5.48 Å². The largest absolute Gasteiger partial charge is 0.412 e. The average molecular weight is 520 g/mol. The van der Waals surface area contributed by atoms with Crippen molar-refractivity contribution in [1.82, 2.24) is 19.9 Å². The first kappa shape index (κ1) is 24.4. The van der Waals surface area contributed by atoms with Crippen LogP contribution in [0.5, 0.6) is 0 Å². The number of nitrogens with one attached hydrogen (secondary N) is 1. The van der Waals surface area contributed by atoms with Gasteiger partial charge in [0.15, 0.2) is 0 Å². The molecule has 7 rings (SSSR count). The highest BCUT2D eigenvalue weighted by Crippen LogP contribution is 2.49. The zero-order chi connectivity index (χ0) is 24.8. The van der Waals surface area contributed by atoms with Crippen LogP contribution in [0.25, 0.3) is 44.2 Å². The molecule has 0 atom stereocenters. The monoisotopic (exact) mass is 519 g/mol. The molecule has 3 N–H and O–H groups in total. The second kappa shape index (κ2) is 10.1. The third kappa shape index (κ3) is 3.99. The third-order valence-electron chi connectivity index (χ3n) is 7.20. The Hall–Kier alpha value is -3.94. The molecular formula is C31H29N5OS. The smallest absolute Gasteiger partial charge is 0.138 e. The highest BCUT2D eigenvalue weighted by atomic mass is 32.2. The minimum Gasteiger partial charge on any atom is -0.412 e. The summed E-state index contributed by atoms with van der Waals surface area (Å²) in [7, 11) is 0. The SMILES string of the molecule is CCCCCCN1c2ccccc2Sc2cc(-c3nc4c5cccnc5c5ncccc5c4[nH]3)ccc21.O. The van der Waals surface area contributed by atoms with Gasteiger partial charge in [0.1, 0.15) is 5.82 Å². The molecule has 6 nitrogen and oxygen atoms in total. The van der Waals surface area contributed by atoms with E-state index in [9.17, 15) is 0 Å². The summed E-state index contributed by atoms with van der Waals surface area (Å²) in [6.07, 6.45) is 8.64. The number of H-pyrrole nitrogens is 1. The zero-order valence-corrected chi connectivity index (χ0v) is 22.1. The van der Waals surface area contributed by atoms with Crippen molar-refractivity contribution in [3.8, 4) is 11.4 Å². The van der Waals surface area contributed by atoms with Gasteiger partial charge in [0.2, 0.25) is 0 Å². The number of aromatic amines is 1. The first-order valence-corrected chi connectivity index (χ1v) is 13.8. The second-order valence-corrected chi connectivity index (χ2v) is 10.7. The Bertz CT molecular complexity index is 1710. The minimum absolute atomic E-state index is 0. The molecule has 0 spiro atoms. The number of unbranched alkanes of at least 4 members (excludes halogenated alkanes) is 3. The highest BCUT2D eigenvalue weighted by Gasteiger charge is 2.24. The molecule has 0 saturated heterocycles. The van der Waals surface area contributed by atoms with E-state index in [2.05, 4.69) is 81.4 Å². The Morgan fingerprint density at radius 2 is 1.53 bits per heavy atom. The molecule has 0 saturated carbocycles. The number of hydrogen-bond donors (Lipinski definition) is 1. The van der Waals surface area contributed by atoms with Crippen molar-refractivity contribution in [2.24, 2.45) is 0 Å². The van der Waals surface area contributed by atoms with E-state index in [4.69, 9.17) is 4.98 Å². The predicted molar refractivity (Wildman–Crippen MR) is 157 cm³/mol. The molecule has 7 heteroatoms. The lowest BCUT2D eigenvalue weighted by molar-refractivity contribution is 0.666. The predicted octanol–water partition coefficient (Wildman–Crippen LogP) is 7.68. The lowest BCUT2D eigenvalue weighted by Gasteiger charge is -2.33. The fourth-order valence-corrected chi connectivity index (χ4v) is 6.53. The Morgan fingerprint density at radius 1 is 0.763 bits per heavy atom. The van der Waals surface area contributed by atoms with Crippen molar-refractivity contribution in [3.05, 3.63) is 79.1 Å². The molecule has 0 amide bonds. The van der Waals surface area contributed by atoms with Gasteiger partial charge >= 0.3 is 0 Å². The van der Waals surface area contributed by atoms with Crippen LogP contribution < -0.4 is 4.90 Å². The van der Waals surface area contributed by atoms with Crippen LogP contribution in [0, 0.1) is 0 Å². The molecule has 0 aliphatic carbocycles. The standard InChI is InChI=1S/C31H27N5S.H2O/c1-2-3-4-7-18-36-23-12-5-6-13-25(23)37-26-19-20(14-15-24(26)36)31-34-29-21-10-8-16-32-27(21)28-22(30(29)35-31)11-9-17-33-28;/h5-6,8-17,19H,2-4,7,18H2,1H3,(H,34,35);1H2. The summed E-state index contributed by atoms with van der Waals surface area (Å²) in [5.41, 5.74) is 7.41. The fraction of sp³-hybridized carbons (Fsp3) is 0.194. The van der Waals surface area contributed by atoms with Gasteiger partial charge in [-0.2, -0.15) is 0 Å². The van der Waals surface area contributed by atoms with Gasteiger partial charge in [0.05, 0.1) is 33.4 Å². The maximum Gasteiger partial charge on any atom is 0.138 e. The number of para-hydroxylation sites is 1. The van der Waals surface area contributed by atoms with E-state index in [1.54, 1.807) is 0 Å². The Kier molecular flexibility index (Phi) is 6.47. The molecule has 6 aromatic rings. The van der Waals surface area contributed by atoms with Crippen LogP contribution in [0.4, 0.5) is 11.4 Å². The van der Waals surface area contributed by atoms with Gasteiger partial charge in [-0.25, -0.2) is 4.98 Å². The molecule has 1 aliphatic heterocycles. The van der Waals surface area contributed by atoms with Gasteiger partial charge in [-0.15, -0.1) is 0 Å². The van der Waals surface area contributed by atoms with Crippen molar-refractivity contribution in [1.29, 1.82) is 0 Å². The van der Waals surface area contributed by atoms with Gasteiger partial charge in [-0.05, 0) is 61.0 Å². The van der Waals surface area contributed by atoms with E-state index >= 15 is 0 Å². The van der Waals surface area contributed by atoms with E-state index in [0.717, 1.165) is 50.8 Å². The van der Waals surface area contributed by atoms with Gasteiger partial charge in [0, 0.05) is 45.1 Å². The number of imidazole rings is 1. The number of fused-ring (bicyclic) bond motifs is 8. The molecule has 190 valence electrons. The van der Waals surface area contributed by atoms with Gasteiger partial charge < -0.3 is 15.4 Å². The van der Waals surface area contributed by atoms with Crippen LogP contribution in [0.1, 0.15) is 32.6 Å². The average Bonchev–Trinajstić information content (AvgIpc) is 3.41. The Balaban J connectivity index is 0.00000264. The van der Waals surface area contributed by atoms with E-state index in [0.29, 0.717) is 0 Å². The molecule has 1 aliphatic rings. The van der Waals surface area contributed by atoms with Crippen molar-refractivity contribution in [3.63, 3.8) is 0 Å². The van der Waals surface area contributed by atoms with Crippen LogP contribution in [0.15, 0.2) is 88.9 Å². The molecule has 0 fully saturated rings. The number of hydrogen-bond acceptors (Lipinski definition) is 5. The van der Waals surface area contributed by atoms with Crippen LogP contribution >= 0.6 is 11.8 Å². The summed E-state index contributed by atoms with van der Waals surface area (Å²) in [5, 5.41) is 2.06. The number of aromatic nitrogens is 4. The topological polar surface area (TPSA) is 89.2 Å². The third-order valence-corrected chi connectivity index (χ3v) is 8.32. The van der Waals surface area contributed by atoms with Gasteiger partial charge in [-0.1, -0.05) is 50.1 Å². The van der Waals surface area contributed by atoms with E-state index in [1.807, 2.05) is 36.3 Å². The van der Waals surface area contributed by atoms with Crippen LogP contribution in [-0.4, -0.2) is 32.0 Å². The summed E-state index contributed by atoms with van der Waals surface area (Å²) < 4.78 is 0. The number of rotatable bonds is 6. The minimum atomic E-state index is 0. The molecule has 0 radical (unpaired) electrons. The highest BCUT2D eigenvalue weighted by molar-refractivity contribution is 7.99. The van der Waals surface area contributed by atoms with E-state index in [1.165, 1.54) is 46.8 Å². The fourth-order valence-electron chi connectivity index (χ4n) is 5.40. The van der Waals surface area contributed by atoms with E-state index < -0.39 is 0 Å². The number of benzene rings is 3. The lowest BCUT2D eigenvalue weighted by Crippen LogP contribution is -2.22. The normalized spacial score (nSPS) is 12.5. The Labute approximate surface area is 225 Å². The van der Waals surface area contributed by atoms with Crippen molar-refractivity contribution in [2.75, 3.05) is 11.4 Å². The molecule has 0 bridgehead atoms. The quantitative estimate of drug-likeness (QED) is 0.180. The van der Waals surface area contributed by atoms with Crippen LogP contribution in [0.3, 0.4) is 0 Å².